The highest BCUT2D eigenvalue weighted by Gasteiger charge is 2.09. The Balaban J connectivity index is 3.57. The van der Waals surface area contributed by atoms with Gasteiger partial charge in [-0.3, -0.25) is 4.55 Å². The summed E-state index contributed by atoms with van der Waals surface area (Å²) in [5, 5.41) is 8.90. The van der Waals surface area contributed by atoms with Crippen molar-refractivity contribution in [1.82, 2.24) is 0 Å². The van der Waals surface area contributed by atoms with Crippen LogP contribution in [-0.4, -0.2) is 36.7 Å². The van der Waals surface area contributed by atoms with Crippen molar-refractivity contribution in [3.63, 3.8) is 0 Å². The molecular formula is C6H12O5S. The van der Waals surface area contributed by atoms with Crippen LogP contribution in [0.4, 0.5) is 0 Å². The molecular weight excluding hydrogens is 184 g/mol. The van der Waals surface area contributed by atoms with Gasteiger partial charge in [-0.05, 0) is 0 Å². The van der Waals surface area contributed by atoms with Gasteiger partial charge in [0.15, 0.2) is 6.29 Å². The lowest BCUT2D eigenvalue weighted by atomic mass is 10.5. The van der Waals surface area contributed by atoms with E-state index in [1.54, 1.807) is 0 Å². The van der Waals surface area contributed by atoms with Gasteiger partial charge in [-0.15, -0.1) is 6.58 Å². The highest BCUT2D eigenvalue weighted by Crippen LogP contribution is 1.97. The van der Waals surface area contributed by atoms with E-state index in [1.807, 2.05) is 0 Å². The summed E-state index contributed by atoms with van der Waals surface area (Å²) in [6.45, 7) is 3.48. The quantitative estimate of drug-likeness (QED) is 0.349. The van der Waals surface area contributed by atoms with E-state index < -0.39 is 22.2 Å². The lowest BCUT2D eigenvalue weighted by molar-refractivity contribution is -0.0892. The Morgan fingerprint density at radius 1 is 1.58 bits per heavy atom. The molecule has 0 spiro atoms. The van der Waals surface area contributed by atoms with Crippen LogP contribution in [0.1, 0.15) is 6.42 Å². The van der Waals surface area contributed by atoms with Crippen LogP contribution in [0.15, 0.2) is 12.7 Å². The van der Waals surface area contributed by atoms with Crippen LogP contribution >= 0.6 is 0 Å². The molecule has 1 unspecified atom stereocenters. The van der Waals surface area contributed by atoms with E-state index in [-0.39, 0.29) is 13.0 Å². The predicted molar refractivity (Wildman–Crippen MR) is 43.2 cm³/mol. The smallest absolute Gasteiger partial charge is 0.265 e. The molecule has 6 heteroatoms. The van der Waals surface area contributed by atoms with Gasteiger partial charge in [0.25, 0.3) is 10.1 Å². The molecule has 5 nitrogen and oxygen atoms in total. The largest absolute Gasteiger partial charge is 0.368 e. The van der Waals surface area contributed by atoms with Gasteiger partial charge < -0.3 is 9.84 Å². The van der Waals surface area contributed by atoms with E-state index in [1.165, 1.54) is 6.08 Å². The minimum absolute atomic E-state index is 0.145. The zero-order valence-corrected chi connectivity index (χ0v) is 7.33. The molecule has 0 saturated heterocycles. The maximum absolute atomic E-state index is 10.2. The fraction of sp³-hybridized carbons (Fsp3) is 0.667. The van der Waals surface area contributed by atoms with Crippen LogP contribution in [0.3, 0.4) is 0 Å². The second kappa shape index (κ2) is 5.26. The zero-order valence-electron chi connectivity index (χ0n) is 6.51. The Labute approximate surface area is 71.4 Å². The summed E-state index contributed by atoms with van der Waals surface area (Å²) in [6, 6.07) is 0. The van der Waals surface area contributed by atoms with Crippen LogP contribution in [0.25, 0.3) is 0 Å². The predicted octanol–water partition coefficient (Wildman–Crippen LogP) is -0.215. The van der Waals surface area contributed by atoms with Crippen molar-refractivity contribution in [2.45, 2.75) is 12.7 Å². The number of aliphatic hydroxyl groups is 1. The molecule has 0 saturated carbocycles. The minimum Gasteiger partial charge on any atom is -0.368 e. The summed E-state index contributed by atoms with van der Waals surface area (Å²) in [7, 11) is -4.01. The van der Waals surface area contributed by atoms with E-state index >= 15 is 0 Å². The number of hydrogen-bond acceptors (Lipinski definition) is 4. The molecule has 0 rings (SSSR count). The van der Waals surface area contributed by atoms with Crippen LogP contribution in [0.5, 0.6) is 0 Å². The fourth-order valence-corrected chi connectivity index (χ4v) is 1.01. The number of hydrogen-bond donors (Lipinski definition) is 2. The van der Waals surface area contributed by atoms with Gasteiger partial charge >= 0.3 is 0 Å². The Morgan fingerprint density at radius 2 is 2.17 bits per heavy atom. The molecule has 72 valence electrons. The summed E-state index contributed by atoms with van der Waals surface area (Å²) < 4.78 is 33.3. The van der Waals surface area contributed by atoms with Gasteiger partial charge in [0.1, 0.15) is 0 Å². The fourth-order valence-electron chi connectivity index (χ4n) is 0.512. The maximum Gasteiger partial charge on any atom is 0.265 e. The SMILES string of the molecule is C=CCOC(O)CCS(=O)(=O)O. The molecule has 0 aromatic heterocycles. The lowest BCUT2D eigenvalue weighted by Crippen LogP contribution is -2.17. The molecule has 2 N–H and O–H groups in total. The molecule has 0 aliphatic heterocycles. The molecule has 0 aromatic rings. The molecule has 0 heterocycles. The van der Waals surface area contributed by atoms with Gasteiger partial charge in [0.2, 0.25) is 0 Å². The Morgan fingerprint density at radius 3 is 2.58 bits per heavy atom. The van der Waals surface area contributed by atoms with Gasteiger partial charge in [-0.2, -0.15) is 8.42 Å². The number of ether oxygens (including phenoxy) is 1. The summed E-state index contributed by atoms with van der Waals surface area (Å²) in [5.41, 5.74) is 0. The Bertz CT molecular complexity index is 220. The van der Waals surface area contributed by atoms with Crippen molar-refractivity contribution in [2.75, 3.05) is 12.4 Å². The topological polar surface area (TPSA) is 83.8 Å². The molecule has 0 aliphatic carbocycles. The third-order valence-electron chi connectivity index (χ3n) is 1.03. The standard InChI is InChI=1S/C6H12O5S/c1-2-4-11-6(7)3-5-12(8,9)10/h2,6-7H,1,3-5H2,(H,8,9,10). The summed E-state index contributed by atoms with van der Waals surface area (Å²) >= 11 is 0. The Kier molecular flexibility index (Phi) is 5.07. The van der Waals surface area contributed by atoms with Gasteiger partial charge in [0, 0.05) is 6.42 Å². The average Bonchev–Trinajstić information content (AvgIpc) is 1.95. The first-order valence-electron chi connectivity index (χ1n) is 3.31. The van der Waals surface area contributed by atoms with Gasteiger partial charge in [-0.1, -0.05) is 6.08 Å². The van der Waals surface area contributed by atoms with Crippen molar-refractivity contribution < 1.29 is 22.8 Å². The molecule has 0 radical (unpaired) electrons. The van der Waals surface area contributed by atoms with Crippen LogP contribution < -0.4 is 0 Å². The summed E-state index contributed by atoms with van der Waals surface area (Å²) in [5.74, 6) is -0.509. The second-order valence-electron chi connectivity index (χ2n) is 2.15. The number of rotatable bonds is 6. The van der Waals surface area contributed by atoms with Crippen molar-refractivity contribution >= 4 is 10.1 Å². The highest BCUT2D eigenvalue weighted by molar-refractivity contribution is 7.85. The molecule has 1 atom stereocenters. The van der Waals surface area contributed by atoms with Crippen LogP contribution in [0, 0.1) is 0 Å². The maximum atomic E-state index is 10.2. The first kappa shape index (κ1) is 11.6. The van der Waals surface area contributed by atoms with Gasteiger partial charge in [0.05, 0.1) is 12.4 Å². The first-order chi connectivity index (χ1) is 5.45. The monoisotopic (exact) mass is 196 g/mol. The van der Waals surface area contributed by atoms with Crippen LogP contribution in [0.2, 0.25) is 0 Å². The van der Waals surface area contributed by atoms with Crippen molar-refractivity contribution in [1.29, 1.82) is 0 Å². The van der Waals surface area contributed by atoms with Crippen molar-refractivity contribution in [2.24, 2.45) is 0 Å². The second-order valence-corrected chi connectivity index (χ2v) is 3.72. The molecule has 12 heavy (non-hydrogen) atoms. The average molecular weight is 196 g/mol. The molecule has 0 bridgehead atoms. The van der Waals surface area contributed by atoms with E-state index in [9.17, 15) is 8.42 Å². The summed E-state index contributed by atoms with van der Waals surface area (Å²) in [4.78, 5) is 0. The zero-order chi connectivity index (χ0) is 9.61. The number of aliphatic hydroxyl groups excluding tert-OH is 1. The van der Waals surface area contributed by atoms with Crippen molar-refractivity contribution in [3.05, 3.63) is 12.7 Å². The Hall–Kier alpha value is -0.430. The molecule has 0 amide bonds. The third kappa shape index (κ3) is 7.67. The minimum atomic E-state index is -4.01. The van der Waals surface area contributed by atoms with Crippen molar-refractivity contribution in [3.8, 4) is 0 Å². The van der Waals surface area contributed by atoms with E-state index in [2.05, 4.69) is 11.3 Å². The van der Waals surface area contributed by atoms with E-state index in [0.717, 1.165) is 0 Å². The first-order valence-corrected chi connectivity index (χ1v) is 4.92. The van der Waals surface area contributed by atoms with Gasteiger partial charge in [-0.25, -0.2) is 0 Å². The third-order valence-corrected chi connectivity index (χ3v) is 1.78. The normalized spacial score (nSPS) is 14.2. The van der Waals surface area contributed by atoms with Crippen LogP contribution in [-0.2, 0) is 14.9 Å². The van der Waals surface area contributed by atoms with E-state index in [4.69, 9.17) is 9.66 Å². The summed E-state index contributed by atoms with van der Waals surface area (Å²) in [6.07, 6.45) is 0.105. The van der Waals surface area contributed by atoms with E-state index in [0.29, 0.717) is 0 Å². The highest BCUT2D eigenvalue weighted by atomic mass is 32.2. The molecule has 0 fully saturated rings. The lowest BCUT2D eigenvalue weighted by Gasteiger charge is -2.08. The molecule has 0 aromatic carbocycles. The molecule has 0 aliphatic rings.